The van der Waals surface area contributed by atoms with Crippen LogP contribution in [0.3, 0.4) is 0 Å². The maximum atomic E-state index is 13.5. The highest BCUT2D eigenvalue weighted by molar-refractivity contribution is 5.73. The molecule has 0 saturated carbocycles. The van der Waals surface area contributed by atoms with Gasteiger partial charge in [0.15, 0.2) is 0 Å². The van der Waals surface area contributed by atoms with E-state index < -0.39 is 5.97 Å². The number of likely N-dealkylation sites (tertiary alicyclic amines) is 2. The van der Waals surface area contributed by atoms with E-state index in [-0.39, 0.29) is 47.3 Å². The molecule has 2 fully saturated rings. The third kappa shape index (κ3) is 5.18. The molecule has 0 aromatic carbocycles. The van der Waals surface area contributed by atoms with Gasteiger partial charge in [0.05, 0.1) is 5.92 Å². The summed E-state index contributed by atoms with van der Waals surface area (Å²) in [7, 11) is 4.28. The van der Waals surface area contributed by atoms with Crippen LogP contribution >= 0.6 is 0 Å². The van der Waals surface area contributed by atoms with Crippen LogP contribution in [0.2, 0.25) is 0 Å². The van der Waals surface area contributed by atoms with Crippen LogP contribution in [-0.2, 0) is 14.3 Å². The second-order valence-electron chi connectivity index (χ2n) is 10.8. The SMILES string of the molecule is CC1C(OC(=O)C(CCCC(=O)O)C2CCN(C)C(C)(C)C2C)CCN(C)C1(C)C. The maximum Gasteiger partial charge on any atom is 0.309 e. The van der Waals surface area contributed by atoms with E-state index in [9.17, 15) is 9.59 Å². The highest BCUT2D eigenvalue weighted by Crippen LogP contribution is 2.42. The fourth-order valence-electron chi connectivity index (χ4n) is 5.34. The lowest BCUT2D eigenvalue weighted by Crippen LogP contribution is -2.57. The van der Waals surface area contributed by atoms with Crippen LogP contribution in [0.4, 0.5) is 0 Å². The molecule has 5 unspecified atom stereocenters. The Hall–Kier alpha value is -1.14. The molecule has 2 rings (SSSR count). The van der Waals surface area contributed by atoms with Gasteiger partial charge in [-0.15, -0.1) is 0 Å². The molecule has 0 spiro atoms. The largest absolute Gasteiger partial charge is 0.481 e. The monoisotopic (exact) mass is 424 g/mol. The van der Waals surface area contributed by atoms with Gasteiger partial charge < -0.3 is 19.6 Å². The molecule has 0 bridgehead atoms. The molecular weight excluding hydrogens is 380 g/mol. The first kappa shape index (κ1) is 25.1. The Kier molecular flexibility index (Phi) is 8.00. The van der Waals surface area contributed by atoms with E-state index in [1.807, 2.05) is 0 Å². The third-order valence-electron chi connectivity index (χ3n) is 8.94. The minimum Gasteiger partial charge on any atom is -0.481 e. The molecule has 5 atom stereocenters. The quantitative estimate of drug-likeness (QED) is 0.625. The molecule has 0 amide bonds. The number of aliphatic carboxylic acids is 1. The van der Waals surface area contributed by atoms with E-state index in [1.165, 1.54) is 0 Å². The summed E-state index contributed by atoms with van der Waals surface area (Å²) in [5, 5.41) is 9.10. The van der Waals surface area contributed by atoms with Crippen molar-refractivity contribution >= 4 is 11.9 Å². The van der Waals surface area contributed by atoms with Gasteiger partial charge in [-0.1, -0.05) is 13.8 Å². The summed E-state index contributed by atoms with van der Waals surface area (Å²) in [4.78, 5) is 29.2. The van der Waals surface area contributed by atoms with E-state index in [4.69, 9.17) is 9.84 Å². The Morgan fingerprint density at radius 3 is 2.10 bits per heavy atom. The lowest BCUT2D eigenvalue weighted by molar-refractivity contribution is -0.169. The highest BCUT2D eigenvalue weighted by atomic mass is 16.5. The van der Waals surface area contributed by atoms with Crippen molar-refractivity contribution in [1.29, 1.82) is 0 Å². The number of piperidine rings is 2. The number of ether oxygens (including phenoxy) is 1. The first-order chi connectivity index (χ1) is 13.8. The van der Waals surface area contributed by atoms with Crippen molar-refractivity contribution in [2.45, 2.75) is 90.8 Å². The molecule has 30 heavy (non-hydrogen) atoms. The van der Waals surface area contributed by atoms with Gasteiger partial charge in [-0.3, -0.25) is 9.59 Å². The molecule has 6 heteroatoms. The molecule has 0 radical (unpaired) electrons. The van der Waals surface area contributed by atoms with Crippen LogP contribution in [0, 0.1) is 23.7 Å². The number of esters is 1. The summed E-state index contributed by atoms with van der Waals surface area (Å²) in [5.41, 5.74) is -0.0259. The van der Waals surface area contributed by atoms with Gasteiger partial charge in [-0.25, -0.2) is 0 Å². The van der Waals surface area contributed by atoms with Crippen molar-refractivity contribution in [3.05, 3.63) is 0 Å². The Morgan fingerprint density at radius 2 is 1.53 bits per heavy atom. The molecule has 1 N–H and O–H groups in total. The second-order valence-corrected chi connectivity index (χ2v) is 10.8. The van der Waals surface area contributed by atoms with E-state index >= 15 is 0 Å². The first-order valence-corrected chi connectivity index (χ1v) is 11.6. The van der Waals surface area contributed by atoms with Gasteiger partial charge in [0.25, 0.3) is 0 Å². The summed E-state index contributed by atoms with van der Waals surface area (Å²) in [5.74, 6) is -0.370. The van der Waals surface area contributed by atoms with Crippen molar-refractivity contribution in [3.8, 4) is 0 Å². The summed E-state index contributed by atoms with van der Waals surface area (Å²) in [6.45, 7) is 15.2. The molecule has 2 saturated heterocycles. The predicted octanol–water partition coefficient (Wildman–Crippen LogP) is 3.89. The van der Waals surface area contributed by atoms with Crippen LogP contribution in [0.25, 0.3) is 0 Å². The Bertz CT molecular complexity index is 618. The molecule has 6 nitrogen and oxygen atoms in total. The zero-order valence-corrected chi connectivity index (χ0v) is 20.4. The topological polar surface area (TPSA) is 70.1 Å². The maximum absolute atomic E-state index is 13.5. The fraction of sp³-hybridized carbons (Fsp3) is 0.917. The summed E-state index contributed by atoms with van der Waals surface area (Å²) < 4.78 is 6.18. The number of nitrogens with zero attached hydrogens (tertiary/aromatic N) is 2. The molecule has 0 aliphatic carbocycles. The van der Waals surface area contributed by atoms with Crippen LogP contribution in [0.5, 0.6) is 0 Å². The average molecular weight is 425 g/mol. The summed E-state index contributed by atoms with van der Waals surface area (Å²) in [6.07, 6.45) is 2.92. The molecule has 2 aliphatic rings. The fourth-order valence-corrected chi connectivity index (χ4v) is 5.34. The van der Waals surface area contributed by atoms with Crippen LogP contribution in [-0.4, -0.2) is 71.2 Å². The van der Waals surface area contributed by atoms with Crippen molar-refractivity contribution in [3.63, 3.8) is 0 Å². The molecule has 2 heterocycles. The summed E-state index contributed by atoms with van der Waals surface area (Å²) >= 11 is 0. The predicted molar refractivity (Wildman–Crippen MR) is 119 cm³/mol. The van der Waals surface area contributed by atoms with Gasteiger partial charge in [-0.05, 0) is 85.9 Å². The first-order valence-electron chi connectivity index (χ1n) is 11.6. The van der Waals surface area contributed by atoms with Gasteiger partial charge in [0.2, 0.25) is 0 Å². The normalized spacial score (nSPS) is 33.1. The number of hydrogen-bond acceptors (Lipinski definition) is 5. The van der Waals surface area contributed by atoms with Gasteiger partial charge in [0, 0.05) is 30.0 Å². The minimum atomic E-state index is -0.801. The molecule has 2 aliphatic heterocycles. The number of hydrogen-bond donors (Lipinski definition) is 1. The average Bonchev–Trinajstić information content (AvgIpc) is 2.65. The van der Waals surface area contributed by atoms with E-state index in [2.05, 4.69) is 65.4 Å². The molecule has 0 aromatic rings. The lowest BCUT2D eigenvalue weighted by Gasteiger charge is -2.51. The number of carboxylic acids is 1. The smallest absolute Gasteiger partial charge is 0.309 e. The zero-order valence-electron chi connectivity index (χ0n) is 20.4. The van der Waals surface area contributed by atoms with Gasteiger partial charge in [-0.2, -0.15) is 0 Å². The van der Waals surface area contributed by atoms with Crippen LogP contribution in [0.1, 0.15) is 73.6 Å². The van der Waals surface area contributed by atoms with E-state index in [0.717, 1.165) is 25.9 Å². The minimum absolute atomic E-state index is 0.00290. The lowest BCUT2D eigenvalue weighted by atomic mass is 9.67. The standard InChI is InChI=1S/C24H44N2O4/c1-16-18(12-14-25(7)23(16,3)4)19(10-9-11-21(27)28)22(29)30-20-13-15-26(8)24(5,6)17(20)2/h16-20H,9-15H2,1-8H3,(H,27,28). The molecular formula is C24H44N2O4. The zero-order chi connectivity index (χ0) is 22.9. The van der Waals surface area contributed by atoms with Crippen LogP contribution in [0.15, 0.2) is 0 Å². The van der Waals surface area contributed by atoms with E-state index in [0.29, 0.717) is 18.8 Å². The molecule has 0 aromatic heterocycles. The van der Waals surface area contributed by atoms with Crippen molar-refractivity contribution in [2.75, 3.05) is 27.2 Å². The number of carboxylic acid groups (broad SMARTS) is 1. The summed E-state index contributed by atoms with van der Waals surface area (Å²) in [6, 6.07) is 0. The number of carbonyl (C=O) groups excluding carboxylic acids is 1. The van der Waals surface area contributed by atoms with Gasteiger partial charge in [0.1, 0.15) is 6.10 Å². The molecule has 174 valence electrons. The van der Waals surface area contributed by atoms with Crippen LogP contribution < -0.4 is 0 Å². The van der Waals surface area contributed by atoms with Crippen molar-refractivity contribution in [1.82, 2.24) is 9.80 Å². The van der Waals surface area contributed by atoms with E-state index in [1.54, 1.807) is 0 Å². The van der Waals surface area contributed by atoms with Gasteiger partial charge >= 0.3 is 11.9 Å². The van der Waals surface area contributed by atoms with Crippen molar-refractivity contribution in [2.24, 2.45) is 23.7 Å². The third-order valence-corrected chi connectivity index (χ3v) is 8.94. The number of carbonyl (C=O) groups is 2. The highest BCUT2D eigenvalue weighted by Gasteiger charge is 2.46. The Morgan fingerprint density at radius 1 is 1.00 bits per heavy atom. The Labute approximate surface area is 183 Å². The second kappa shape index (κ2) is 9.56. The van der Waals surface area contributed by atoms with Crippen molar-refractivity contribution < 1.29 is 19.4 Å². The Balaban J connectivity index is 2.18. The number of rotatable bonds is 7.